The minimum Gasteiger partial charge on any atom is -0.493 e. The van der Waals surface area contributed by atoms with Crippen LogP contribution in [0.2, 0.25) is 0 Å². The number of carbonyl (C=O) groups is 1. The number of hydrogen-bond acceptors (Lipinski definition) is 6. The minimum atomic E-state index is -4.19. The Hall–Kier alpha value is -3.24. The lowest BCUT2D eigenvalue weighted by Crippen LogP contribution is -2.41. The summed E-state index contributed by atoms with van der Waals surface area (Å²) >= 11 is 1.67. The molecule has 192 valence electrons. The Morgan fingerprint density at radius 3 is 2.28 bits per heavy atom. The maximum absolute atomic E-state index is 13.5. The first-order chi connectivity index (χ1) is 17.2. The molecule has 0 unspecified atom stereocenters. The summed E-state index contributed by atoms with van der Waals surface area (Å²) in [5.74, 6) is 1.08. The van der Waals surface area contributed by atoms with Gasteiger partial charge in [0, 0.05) is 24.1 Å². The average Bonchev–Trinajstić information content (AvgIpc) is 2.88. The first-order valence-electron chi connectivity index (χ1n) is 11.1. The molecule has 0 bridgehead atoms. The van der Waals surface area contributed by atoms with E-state index in [0.717, 1.165) is 22.2 Å². The van der Waals surface area contributed by atoms with Crippen LogP contribution in [0.3, 0.4) is 0 Å². The van der Waals surface area contributed by atoms with Crippen molar-refractivity contribution in [3.63, 3.8) is 0 Å². The van der Waals surface area contributed by atoms with E-state index in [4.69, 9.17) is 9.47 Å². The number of thioether (sulfide) groups is 1. The van der Waals surface area contributed by atoms with Gasteiger partial charge in [0.15, 0.2) is 11.5 Å². The zero-order valence-corrected chi connectivity index (χ0v) is 22.0. The van der Waals surface area contributed by atoms with Crippen LogP contribution in [0.15, 0.2) is 71.6 Å². The molecular weight excluding hydrogens is 503 g/mol. The molecule has 3 rings (SSSR count). The molecule has 10 heteroatoms. The number of methoxy groups -OCH3 is 2. The molecule has 3 aromatic rings. The van der Waals surface area contributed by atoms with E-state index in [-0.39, 0.29) is 16.3 Å². The van der Waals surface area contributed by atoms with Gasteiger partial charge in [-0.3, -0.25) is 9.10 Å². The van der Waals surface area contributed by atoms with Crippen molar-refractivity contribution >= 4 is 33.4 Å². The van der Waals surface area contributed by atoms with Crippen molar-refractivity contribution in [3.05, 3.63) is 83.7 Å². The normalized spacial score (nSPS) is 11.1. The maximum Gasteiger partial charge on any atom is 0.264 e. The van der Waals surface area contributed by atoms with Gasteiger partial charge in [-0.15, -0.1) is 0 Å². The molecule has 0 spiro atoms. The van der Waals surface area contributed by atoms with Crippen molar-refractivity contribution in [1.82, 2.24) is 5.32 Å². The summed E-state index contributed by atoms with van der Waals surface area (Å²) in [6.45, 7) is 1.95. The zero-order valence-electron chi connectivity index (χ0n) is 20.4. The largest absolute Gasteiger partial charge is 0.493 e. The molecule has 0 saturated heterocycles. The number of anilines is 1. The van der Waals surface area contributed by atoms with Gasteiger partial charge in [0.25, 0.3) is 10.0 Å². The first-order valence-corrected chi connectivity index (χ1v) is 13.7. The smallest absolute Gasteiger partial charge is 0.264 e. The molecule has 0 aromatic heterocycles. The molecule has 0 radical (unpaired) electrons. The fourth-order valence-electron chi connectivity index (χ4n) is 3.35. The molecule has 0 fully saturated rings. The Labute approximate surface area is 215 Å². The molecule has 36 heavy (non-hydrogen) atoms. The number of carbonyl (C=O) groups excluding carboxylic acids is 1. The van der Waals surface area contributed by atoms with Crippen molar-refractivity contribution in [3.8, 4) is 11.5 Å². The summed E-state index contributed by atoms with van der Waals surface area (Å²) in [4.78, 5) is 12.6. The highest BCUT2D eigenvalue weighted by Gasteiger charge is 2.28. The van der Waals surface area contributed by atoms with Crippen LogP contribution in [0, 0.1) is 12.7 Å². The average molecular weight is 533 g/mol. The SMILES string of the molecule is COc1ccc(S(=O)(=O)N(CC(=O)NCCSCc2ccc(C)cc2)c2ccc(F)cc2)cc1OC. The van der Waals surface area contributed by atoms with E-state index >= 15 is 0 Å². The number of ether oxygens (including phenoxy) is 2. The highest BCUT2D eigenvalue weighted by molar-refractivity contribution is 7.98. The number of nitrogens with zero attached hydrogens (tertiary/aromatic N) is 1. The summed E-state index contributed by atoms with van der Waals surface area (Å²) in [6.07, 6.45) is 0. The highest BCUT2D eigenvalue weighted by atomic mass is 32.2. The first kappa shape index (κ1) is 27.3. The van der Waals surface area contributed by atoms with Crippen LogP contribution in [0.25, 0.3) is 0 Å². The van der Waals surface area contributed by atoms with E-state index in [9.17, 15) is 17.6 Å². The van der Waals surface area contributed by atoms with E-state index in [1.54, 1.807) is 11.8 Å². The summed E-state index contributed by atoms with van der Waals surface area (Å²) in [5, 5.41) is 2.77. The van der Waals surface area contributed by atoms with Gasteiger partial charge >= 0.3 is 0 Å². The molecule has 1 N–H and O–H groups in total. The van der Waals surface area contributed by atoms with Gasteiger partial charge in [-0.2, -0.15) is 11.8 Å². The number of hydrogen-bond donors (Lipinski definition) is 1. The molecule has 3 aromatic carbocycles. The third-order valence-corrected chi connectivity index (χ3v) is 8.10. The lowest BCUT2D eigenvalue weighted by atomic mass is 10.2. The molecular formula is C26H29FN2O5S2. The number of aryl methyl sites for hydroxylation is 1. The van der Waals surface area contributed by atoms with Crippen molar-refractivity contribution in [2.75, 3.05) is 37.4 Å². The lowest BCUT2D eigenvalue weighted by molar-refractivity contribution is -0.119. The number of benzene rings is 3. The zero-order chi connectivity index (χ0) is 26.1. The fourth-order valence-corrected chi connectivity index (χ4v) is 5.61. The third kappa shape index (κ3) is 7.14. The summed E-state index contributed by atoms with van der Waals surface area (Å²) < 4.78 is 51.9. The Kier molecular flexibility index (Phi) is 9.60. The summed E-state index contributed by atoms with van der Waals surface area (Å²) in [5.41, 5.74) is 2.56. The molecule has 0 saturated carbocycles. The van der Waals surface area contributed by atoms with Crippen molar-refractivity contribution in [2.24, 2.45) is 0 Å². The van der Waals surface area contributed by atoms with Crippen LogP contribution in [0.4, 0.5) is 10.1 Å². The second kappa shape index (κ2) is 12.6. The minimum absolute atomic E-state index is 0.0917. The van der Waals surface area contributed by atoms with Gasteiger partial charge in [-0.1, -0.05) is 29.8 Å². The summed E-state index contributed by atoms with van der Waals surface area (Å²) in [7, 11) is -1.34. The summed E-state index contributed by atoms with van der Waals surface area (Å²) in [6, 6.07) is 17.3. The van der Waals surface area contributed by atoms with Crippen molar-refractivity contribution < 1.29 is 27.1 Å². The topological polar surface area (TPSA) is 84.9 Å². The van der Waals surface area contributed by atoms with Crippen LogP contribution < -0.4 is 19.1 Å². The van der Waals surface area contributed by atoms with Gasteiger partial charge in [-0.25, -0.2) is 12.8 Å². The number of amides is 1. The van der Waals surface area contributed by atoms with Gasteiger partial charge in [-0.05, 0) is 48.9 Å². The van der Waals surface area contributed by atoms with Crippen LogP contribution in [-0.2, 0) is 20.6 Å². The number of rotatable bonds is 12. The van der Waals surface area contributed by atoms with Gasteiger partial charge in [0.1, 0.15) is 12.4 Å². The quantitative estimate of drug-likeness (QED) is 0.348. The van der Waals surface area contributed by atoms with Crippen LogP contribution in [0.1, 0.15) is 11.1 Å². The Morgan fingerprint density at radius 2 is 1.64 bits per heavy atom. The highest BCUT2D eigenvalue weighted by Crippen LogP contribution is 2.32. The second-order valence-electron chi connectivity index (χ2n) is 7.89. The van der Waals surface area contributed by atoms with E-state index in [1.165, 1.54) is 55.7 Å². The Balaban J connectivity index is 1.70. The monoisotopic (exact) mass is 532 g/mol. The molecule has 0 aliphatic carbocycles. The molecule has 1 amide bonds. The van der Waals surface area contributed by atoms with E-state index in [1.807, 2.05) is 6.92 Å². The van der Waals surface area contributed by atoms with E-state index in [2.05, 4.69) is 29.6 Å². The predicted octanol–water partition coefficient (Wildman–Crippen LogP) is 4.40. The van der Waals surface area contributed by atoms with Gasteiger partial charge in [0.05, 0.1) is 24.8 Å². The fraction of sp³-hybridized carbons (Fsp3) is 0.269. The predicted molar refractivity (Wildman–Crippen MR) is 141 cm³/mol. The Bertz CT molecular complexity index is 1270. The second-order valence-corrected chi connectivity index (χ2v) is 10.9. The molecule has 0 atom stereocenters. The van der Waals surface area contributed by atoms with Gasteiger partial charge in [0.2, 0.25) is 5.91 Å². The molecule has 0 heterocycles. The van der Waals surface area contributed by atoms with E-state index < -0.39 is 28.3 Å². The third-order valence-electron chi connectivity index (χ3n) is 5.30. The van der Waals surface area contributed by atoms with Crippen LogP contribution >= 0.6 is 11.8 Å². The van der Waals surface area contributed by atoms with Crippen LogP contribution in [-0.4, -0.2) is 47.4 Å². The maximum atomic E-state index is 13.5. The van der Waals surface area contributed by atoms with Crippen molar-refractivity contribution in [2.45, 2.75) is 17.6 Å². The molecule has 0 aliphatic heterocycles. The molecule has 0 aliphatic rings. The standard InChI is InChI=1S/C26H29FN2O5S2/c1-19-4-6-20(7-5-19)18-35-15-14-28-26(30)17-29(22-10-8-21(27)9-11-22)36(31,32)23-12-13-24(33-2)25(16-23)34-3/h4-13,16H,14-15,17-18H2,1-3H3,(H,28,30). The number of sulfonamides is 1. The number of nitrogens with one attached hydrogen (secondary N) is 1. The van der Waals surface area contributed by atoms with Gasteiger partial charge < -0.3 is 14.8 Å². The van der Waals surface area contributed by atoms with Crippen LogP contribution in [0.5, 0.6) is 11.5 Å². The lowest BCUT2D eigenvalue weighted by Gasteiger charge is -2.24. The van der Waals surface area contributed by atoms with Crippen molar-refractivity contribution in [1.29, 1.82) is 0 Å². The van der Waals surface area contributed by atoms with E-state index in [0.29, 0.717) is 18.0 Å². The number of halogens is 1. The molecule has 7 nitrogen and oxygen atoms in total. The Morgan fingerprint density at radius 1 is 0.972 bits per heavy atom.